The van der Waals surface area contributed by atoms with Crippen molar-refractivity contribution >= 4 is 54.1 Å². The van der Waals surface area contributed by atoms with Crippen molar-refractivity contribution in [2.45, 2.75) is 6.92 Å². The number of thiazole rings is 1. The van der Waals surface area contributed by atoms with E-state index >= 15 is 0 Å². The molecule has 144 valence electrons. The van der Waals surface area contributed by atoms with Gasteiger partial charge in [0.15, 0.2) is 5.13 Å². The van der Waals surface area contributed by atoms with Crippen LogP contribution in [0.5, 0.6) is 0 Å². The van der Waals surface area contributed by atoms with Crippen LogP contribution in [0.3, 0.4) is 0 Å². The second kappa shape index (κ2) is 7.42. The smallest absolute Gasteiger partial charge is 0.270 e. The number of anilines is 1. The molecule has 0 unspecified atom stereocenters. The second-order valence-corrected chi connectivity index (χ2v) is 8.32. The molecule has 3 aromatic heterocycles. The van der Waals surface area contributed by atoms with E-state index in [0.29, 0.717) is 38.9 Å². The van der Waals surface area contributed by atoms with Gasteiger partial charge in [0.1, 0.15) is 4.83 Å². The van der Waals surface area contributed by atoms with Crippen molar-refractivity contribution in [1.29, 1.82) is 0 Å². The van der Waals surface area contributed by atoms with Crippen LogP contribution in [-0.2, 0) is 11.8 Å². The highest BCUT2D eigenvalue weighted by molar-refractivity contribution is 7.23. The van der Waals surface area contributed by atoms with Gasteiger partial charge in [0.2, 0.25) is 0 Å². The highest BCUT2D eigenvalue weighted by atomic mass is 32.1. The molecule has 0 N–H and O–H groups in total. The van der Waals surface area contributed by atoms with Gasteiger partial charge in [0.05, 0.1) is 40.0 Å². The lowest BCUT2D eigenvalue weighted by Crippen LogP contribution is -2.33. The first kappa shape index (κ1) is 18.7. The molecule has 0 radical (unpaired) electrons. The Morgan fingerprint density at radius 2 is 2.07 bits per heavy atom. The molecule has 4 aromatic rings. The molecule has 28 heavy (non-hydrogen) atoms. The first-order chi connectivity index (χ1) is 13.5. The number of carbonyl (C=O) groups is 1. The molecule has 0 aliphatic rings. The Morgan fingerprint density at radius 1 is 1.29 bits per heavy atom. The molecule has 4 rings (SSSR count). The highest BCUT2D eigenvalue weighted by Gasteiger charge is 2.26. The number of methoxy groups -OCH3 is 1. The maximum Gasteiger partial charge on any atom is 0.270 e. The Morgan fingerprint density at radius 3 is 2.82 bits per heavy atom. The summed E-state index contributed by atoms with van der Waals surface area (Å²) >= 11 is 2.70. The number of ether oxygens (including phenoxy) is 1. The predicted molar refractivity (Wildman–Crippen MR) is 113 cm³/mol. The normalized spacial score (nSPS) is 11.4. The van der Waals surface area contributed by atoms with Crippen molar-refractivity contribution in [2.24, 2.45) is 7.05 Å². The average Bonchev–Trinajstić information content (AvgIpc) is 3.26. The Hall–Kier alpha value is -2.62. The van der Waals surface area contributed by atoms with E-state index in [4.69, 9.17) is 4.74 Å². The molecule has 0 saturated carbocycles. The van der Waals surface area contributed by atoms with Crippen LogP contribution in [-0.4, -0.2) is 40.7 Å². The first-order valence-corrected chi connectivity index (χ1v) is 10.3. The second-order valence-electron chi connectivity index (χ2n) is 6.31. The number of fused-ring (bicyclic) bond motifs is 2. The van der Waals surface area contributed by atoms with Crippen LogP contribution in [0.15, 0.2) is 35.4 Å². The minimum Gasteiger partial charge on any atom is -0.383 e. The van der Waals surface area contributed by atoms with Gasteiger partial charge >= 0.3 is 0 Å². The van der Waals surface area contributed by atoms with Gasteiger partial charge < -0.3 is 9.30 Å². The third kappa shape index (κ3) is 3.11. The van der Waals surface area contributed by atoms with E-state index in [1.54, 1.807) is 26.0 Å². The molecular formula is C19H18N4O3S2. The number of carbonyl (C=O) groups excluding carboxylic acids is 1. The molecule has 1 amide bonds. The van der Waals surface area contributed by atoms with Crippen LogP contribution in [0.1, 0.15) is 15.2 Å². The summed E-state index contributed by atoms with van der Waals surface area (Å²) in [6.45, 7) is 2.54. The van der Waals surface area contributed by atoms with Crippen LogP contribution in [0.25, 0.3) is 20.4 Å². The average molecular weight is 415 g/mol. The standard InChI is InChI=1S/C19H18N4O3S2/c1-11-14-16(20-10-22(2)17(14)24)28-15(11)18(25)23(8-9-26-3)19-21-12-6-4-5-7-13(12)27-19/h4-7,10H,8-9H2,1-3H3. The van der Waals surface area contributed by atoms with Crippen molar-refractivity contribution < 1.29 is 9.53 Å². The molecule has 7 nitrogen and oxygen atoms in total. The van der Waals surface area contributed by atoms with Crippen LogP contribution in [0, 0.1) is 6.92 Å². The number of nitrogens with zero attached hydrogens (tertiary/aromatic N) is 4. The van der Waals surface area contributed by atoms with Crippen molar-refractivity contribution in [1.82, 2.24) is 14.5 Å². The number of aromatic nitrogens is 3. The van der Waals surface area contributed by atoms with E-state index in [2.05, 4.69) is 9.97 Å². The fourth-order valence-corrected chi connectivity index (χ4v) is 5.06. The molecule has 1 aromatic carbocycles. The van der Waals surface area contributed by atoms with Gasteiger partial charge in [-0.05, 0) is 24.6 Å². The molecule has 0 aliphatic heterocycles. The molecule has 0 fully saturated rings. The number of para-hydroxylation sites is 1. The van der Waals surface area contributed by atoms with Crippen molar-refractivity contribution in [3.05, 3.63) is 51.4 Å². The van der Waals surface area contributed by atoms with E-state index in [0.717, 1.165) is 10.2 Å². The van der Waals surface area contributed by atoms with Crippen LogP contribution in [0.2, 0.25) is 0 Å². The fraction of sp³-hybridized carbons (Fsp3) is 0.263. The van der Waals surface area contributed by atoms with Crippen molar-refractivity contribution in [3.8, 4) is 0 Å². The highest BCUT2D eigenvalue weighted by Crippen LogP contribution is 2.33. The monoisotopic (exact) mass is 414 g/mol. The topological polar surface area (TPSA) is 77.3 Å². The number of amides is 1. The van der Waals surface area contributed by atoms with Gasteiger partial charge in [-0.1, -0.05) is 23.5 Å². The van der Waals surface area contributed by atoms with Gasteiger partial charge in [0.25, 0.3) is 11.5 Å². The number of thiophene rings is 1. The molecule has 3 heterocycles. The summed E-state index contributed by atoms with van der Waals surface area (Å²) in [5, 5.41) is 1.11. The predicted octanol–water partition coefficient (Wildman–Crippen LogP) is 3.21. The van der Waals surface area contributed by atoms with Gasteiger partial charge in [-0.3, -0.25) is 14.5 Å². The summed E-state index contributed by atoms with van der Waals surface area (Å²) in [5.74, 6) is -0.196. The minimum absolute atomic E-state index is 0.152. The number of hydrogen-bond acceptors (Lipinski definition) is 7. The summed E-state index contributed by atoms with van der Waals surface area (Å²) in [6.07, 6.45) is 1.48. The first-order valence-electron chi connectivity index (χ1n) is 8.62. The molecule has 9 heteroatoms. The Kier molecular flexibility index (Phi) is 4.96. The lowest BCUT2D eigenvalue weighted by atomic mass is 10.2. The number of aryl methyl sites for hydroxylation is 2. The SMILES string of the molecule is COCCN(C(=O)c1sc2ncn(C)c(=O)c2c1C)c1nc2ccccc2s1. The summed E-state index contributed by atoms with van der Waals surface area (Å²) in [4.78, 5) is 37.5. The zero-order valence-corrected chi connectivity index (χ0v) is 17.3. The number of benzene rings is 1. The van der Waals surface area contributed by atoms with Crippen LogP contribution < -0.4 is 10.5 Å². The molecule has 0 spiro atoms. The zero-order chi connectivity index (χ0) is 19.8. The molecule has 0 aliphatic carbocycles. The Bertz CT molecular complexity index is 1210. The zero-order valence-electron chi connectivity index (χ0n) is 15.6. The summed E-state index contributed by atoms with van der Waals surface area (Å²) < 4.78 is 7.63. The number of hydrogen-bond donors (Lipinski definition) is 0. The Labute approximate surface area is 168 Å². The largest absolute Gasteiger partial charge is 0.383 e. The Balaban J connectivity index is 1.81. The summed E-state index contributed by atoms with van der Waals surface area (Å²) in [6, 6.07) is 7.77. The lowest BCUT2D eigenvalue weighted by molar-refractivity contribution is 0.0979. The molecular weight excluding hydrogens is 396 g/mol. The lowest BCUT2D eigenvalue weighted by Gasteiger charge is -2.19. The molecule has 0 bridgehead atoms. The van der Waals surface area contributed by atoms with E-state index in [1.807, 2.05) is 24.3 Å². The van der Waals surface area contributed by atoms with E-state index in [1.165, 1.54) is 33.6 Å². The van der Waals surface area contributed by atoms with Gasteiger partial charge in [-0.2, -0.15) is 0 Å². The minimum atomic E-state index is -0.196. The van der Waals surface area contributed by atoms with Crippen molar-refractivity contribution in [2.75, 3.05) is 25.2 Å². The molecule has 0 atom stereocenters. The van der Waals surface area contributed by atoms with E-state index < -0.39 is 0 Å². The third-order valence-corrected chi connectivity index (χ3v) is 6.73. The van der Waals surface area contributed by atoms with Crippen LogP contribution >= 0.6 is 22.7 Å². The van der Waals surface area contributed by atoms with Crippen LogP contribution in [0.4, 0.5) is 5.13 Å². The van der Waals surface area contributed by atoms with Gasteiger partial charge in [-0.15, -0.1) is 11.3 Å². The summed E-state index contributed by atoms with van der Waals surface area (Å²) in [5.41, 5.74) is 1.35. The third-order valence-electron chi connectivity index (χ3n) is 4.48. The maximum absolute atomic E-state index is 13.4. The molecule has 0 saturated heterocycles. The number of rotatable bonds is 5. The van der Waals surface area contributed by atoms with E-state index in [9.17, 15) is 9.59 Å². The quantitative estimate of drug-likeness (QED) is 0.501. The fourth-order valence-electron chi connectivity index (χ4n) is 2.98. The van der Waals surface area contributed by atoms with E-state index in [-0.39, 0.29) is 11.5 Å². The maximum atomic E-state index is 13.4. The summed E-state index contributed by atoms with van der Waals surface area (Å²) in [7, 11) is 3.25. The van der Waals surface area contributed by atoms with Gasteiger partial charge in [-0.25, -0.2) is 9.97 Å². The van der Waals surface area contributed by atoms with Gasteiger partial charge in [0, 0.05) is 14.2 Å². The van der Waals surface area contributed by atoms with Crippen molar-refractivity contribution in [3.63, 3.8) is 0 Å².